The first-order chi connectivity index (χ1) is 5.85. The molecule has 0 heterocycles. The predicted octanol–water partition coefficient (Wildman–Crippen LogP) is 1.15. The molecule has 0 aromatic heterocycles. The Kier molecular flexibility index (Phi) is 8.05. The van der Waals surface area contributed by atoms with Gasteiger partial charge < -0.3 is 14.7 Å². The molecule has 3 nitrogen and oxygen atoms in total. The number of hydrogen-bond donors (Lipinski definition) is 2. The first kappa shape index (κ1) is 11.4. The molecule has 0 aromatic rings. The minimum atomic E-state index is 0.161. The molecule has 0 radical (unpaired) electrons. The van der Waals surface area contributed by atoms with Gasteiger partial charge in [-0.1, -0.05) is 18.0 Å². The van der Waals surface area contributed by atoms with E-state index in [1.807, 2.05) is 42.8 Å². The molecular weight excluding hydrogens is 172 g/mol. The van der Waals surface area contributed by atoms with Crippen LogP contribution in [0.1, 0.15) is 6.92 Å². The lowest BCUT2D eigenvalue weighted by Gasteiger charge is -2.12. The Morgan fingerprint density at radius 2 is 2.25 bits per heavy atom. The largest absolute Gasteiger partial charge is 0.395 e. The first-order valence-electron chi connectivity index (χ1n) is 3.79. The molecule has 2 N–H and O–H groups in total. The van der Waals surface area contributed by atoms with E-state index in [1.165, 1.54) is 11.9 Å². The van der Waals surface area contributed by atoms with Gasteiger partial charge in [-0.15, -0.1) is 0 Å². The fourth-order valence-corrected chi connectivity index (χ4v) is 0.897. The van der Waals surface area contributed by atoms with Gasteiger partial charge in [0.1, 0.15) is 0 Å². The van der Waals surface area contributed by atoms with Gasteiger partial charge in [-0.3, -0.25) is 0 Å². The summed E-state index contributed by atoms with van der Waals surface area (Å²) in [6, 6.07) is 0. The summed E-state index contributed by atoms with van der Waals surface area (Å²) >= 11 is 1.53. The molecule has 0 fully saturated rings. The minimum Gasteiger partial charge on any atom is -0.395 e. The standard InChI is InChI=1S/C8H16N2OS/c1-3-5-10(7-8-11)6-4-9-12-2/h3-6,9,11H,7-8H2,1-2H3/b5-3-,6-4-. The number of aliphatic hydroxyl groups is 1. The van der Waals surface area contributed by atoms with Crippen LogP contribution in [-0.4, -0.2) is 29.4 Å². The second-order valence-electron chi connectivity index (χ2n) is 2.08. The summed E-state index contributed by atoms with van der Waals surface area (Å²) in [6.07, 6.45) is 9.51. The molecule has 0 spiro atoms. The summed E-state index contributed by atoms with van der Waals surface area (Å²) in [6.45, 7) is 2.73. The molecule has 0 saturated heterocycles. The molecule has 0 rings (SSSR count). The van der Waals surface area contributed by atoms with Crippen LogP contribution in [0.4, 0.5) is 0 Å². The van der Waals surface area contributed by atoms with Crippen molar-refractivity contribution in [2.75, 3.05) is 19.4 Å². The Labute approximate surface area is 78.3 Å². The van der Waals surface area contributed by atoms with Crippen LogP contribution >= 0.6 is 11.9 Å². The number of allylic oxidation sites excluding steroid dienone is 1. The van der Waals surface area contributed by atoms with Gasteiger partial charge in [0.15, 0.2) is 0 Å². The lowest BCUT2D eigenvalue weighted by molar-refractivity contribution is 0.263. The van der Waals surface area contributed by atoms with E-state index >= 15 is 0 Å². The van der Waals surface area contributed by atoms with Gasteiger partial charge in [-0.2, -0.15) is 0 Å². The van der Waals surface area contributed by atoms with Gasteiger partial charge in [-0.25, -0.2) is 0 Å². The molecule has 0 aliphatic heterocycles. The van der Waals surface area contributed by atoms with Crippen LogP contribution in [0.15, 0.2) is 24.7 Å². The monoisotopic (exact) mass is 188 g/mol. The molecule has 0 unspecified atom stereocenters. The average Bonchev–Trinajstić information content (AvgIpc) is 2.06. The van der Waals surface area contributed by atoms with Crippen LogP contribution in [0.3, 0.4) is 0 Å². The van der Waals surface area contributed by atoms with Gasteiger partial charge >= 0.3 is 0 Å². The molecule has 0 aliphatic carbocycles. The van der Waals surface area contributed by atoms with Gasteiger partial charge in [-0.05, 0) is 13.1 Å². The summed E-state index contributed by atoms with van der Waals surface area (Å²) in [4.78, 5) is 1.91. The molecule has 12 heavy (non-hydrogen) atoms. The van der Waals surface area contributed by atoms with Crippen molar-refractivity contribution in [3.8, 4) is 0 Å². The van der Waals surface area contributed by atoms with Crippen LogP contribution in [-0.2, 0) is 0 Å². The number of aliphatic hydroxyl groups excluding tert-OH is 1. The van der Waals surface area contributed by atoms with Crippen molar-refractivity contribution in [3.05, 3.63) is 24.7 Å². The Hall–Kier alpha value is -0.610. The maximum absolute atomic E-state index is 8.68. The van der Waals surface area contributed by atoms with Crippen LogP contribution in [0, 0.1) is 0 Å². The second kappa shape index (κ2) is 8.49. The third-order valence-electron chi connectivity index (χ3n) is 1.15. The highest BCUT2D eigenvalue weighted by atomic mass is 32.2. The van der Waals surface area contributed by atoms with Gasteiger partial charge in [0, 0.05) is 25.2 Å². The summed E-state index contributed by atoms with van der Waals surface area (Å²) in [5, 5.41) is 8.68. The molecular formula is C8H16N2OS. The fourth-order valence-electron chi connectivity index (χ4n) is 0.700. The van der Waals surface area contributed by atoms with E-state index < -0.39 is 0 Å². The van der Waals surface area contributed by atoms with Crippen LogP contribution in [0.5, 0.6) is 0 Å². The summed E-state index contributed by atoms with van der Waals surface area (Å²) in [5.41, 5.74) is 0. The van der Waals surface area contributed by atoms with Crippen molar-refractivity contribution in [2.45, 2.75) is 6.92 Å². The molecule has 0 bridgehead atoms. The zero-order chi connectivity index (χ0) is 9.23. The van der Waals surface area contributed by atoms with Gasteiger partial charge in [0.25, 0.3) is 0 Å². The first-order valence-corrected chi connectivity index (χ1v) is 5.02. The Morgan fingerprint density at radius 1 is 1.50 bits per heavy atom. The van der Waals surface area contributed by atoms with Crippen molar-refractivity contribution >= 4 is 11.9 Å². The second-order valence-corrected chi connectivity index (χ2v) is 2.73. The van der Waals surface area contributed by atoms with Crippen LogP contribution < -0.4 is 4.72 Å². The zero-order valence-corrected chi connectivity index (χ0v) is 8.34. The average molecular weight is 188 g/mol. The third kappa shape index (κ3) is 6.12. The van der Waals surface area contributed by atoms with Gasteiger partial charge in [0.05, 0.1) is 6.61 Å². The van der Waals surface area contributed by atoms with E-state index in [-0.39, 0.29) is 6.61 Å². The van der Waals surface area contributed by atoms with E-state index in [4.69, 9.17) is 5.11 Å². The van der Waals surface area contributed by atoms with Crippen LogP contribution in [0.2, 0.25) is 0 Å². The van der Waals surface area contributed by atoms with E-state index in [0.29, 0.717) is 6.54 Å². The molecule has 0 amide bonds. The van der Waals surface area contributed by atoms with Crippen molar-refractivity contribution < 1.29 is 5.11 Å². The normalized spacial score (nSPS) is 11.2. The Morgan fingerprint density at radius 3 is 2.75 bits per heavy atom. The molecule has 0 aromatic carbocycles. The fraction of sp³-hybridized carbons (Fsp3) is 0.500. The van der Waals surface area contributed by atoms with E-state index in [2.05, 4.69) is 4.72 Å². The molecule has 0 aliphatic rings. The van der Waals surface area contributed by atoms with Crippen molar-refractivity contribution in [2.24, 2.45) is 0 Å². The molecule has 0 atom stereocenters. The summed E-state index contributed by atoms with van der Waals surface area (Å²) in [7, 11) is 0. The van der Waals surface area contributed by atoms with Crippen molar-refractivity contribution in [1.29, 1.82) is 0 Å². The molecule has 4 heteroatoms. The highest BCUT2D eigenvalue weighted by Crippen LogP contribution is 1.91. The zero-order valence-electron chi connectivity index (χ0n) is 7.53. The maximum Gasteiger partial charge on any atom is 0.0610 e. The summed E-state index contributed by atoms with van der Waals surface area (Å²) in [5.74, 6) is 0. The highest BCUT2D eigenvalue weighted by Gasteiger charge is 1.89. The van der Waals surface area contributed by atoms with Crippen LogP contribution in [0.25, 0.3) is 0 Å². The summed E-state index contributed by atoms with van der Waals surface area (Å²) < 4.78 is 2.97. The third-order valence-corrected chi connectivity index (χ3v) is 1.52. The SMILES string of the molecule is C/C=C\N(/C=C\NSC)CCO. The van der Waals surface area contributed by atoms with E-state index in [9.17, 15) is 0 Å². The lowest BCUT2D eigenvalue weighted by Crippen LogP contribution is -2.14. The lowest BCUT2D eigenvalue weighted by atomic mass is 10.5. The Balaban J connectivity index is 3.76. The quantitative estimate of drug-likeness (QED) is 0.613. The molecule has 0 saturated carbocycles. The number of nitrogens with zero attached hydrogens (tertiary/aromatic N) is 1. The van der Waals surface area contributed by atoms with E-state index in [0.717, 1.165) is 0 Å². The van der Waals surface area contributed by atoms with Gasteiger partial charge in [0.2, 0.25) is 0 Å². The number of nitrogens with one attached hydrogen (secondary N) is 1. The highest BCUT2D eigenvalue weighted by molar-refractivity contribution is 7.96. The van der Waals surface area contributed by atoms with Crippen molar-refractivity contribution in [1.82, 2.24) is 9.62 Å². The Bertz CT molecular complexity index is 148. The topological polar surface area (TPSA) is 35.5 Å². The smallest absolute Gasteiger partial charge is 0.0610 e. The predicted molar refractivity (Wildman–Crippen MR) is 54.4 cm³/mol. The minimum absolute atomic E-state index is 0.161. The molecule has 70 valence electrons. The number of rotatable bonds is 6. The van der Waals surface area contributed by atoms with E-state index in [1.54, 1.807) is 0 Å². The number of hydrogen-bond acceptors (Lipinski definition) is 4. The maximum atomic E-state index is 8.68. The van der Waals surface area contributed by atoms with Crippen molar-refractivity contribution in [3.63, 3.8) is 0 Å².